The average Bonchev–Trinajstić information content (AvgIpc) is 2.47. The van der Waals surface area contributed by atoms with Crippen molar-refractivity contribution in [3.63, 3.8) is 0 Å². The average molecular weight is 358 g/mol. The van der Waals surface area contributed by atoms with E-state index < -0.39 is 6.10 Å². The van der Waals surface area contributed by atoms with E-state index in [0.29, 0.717) is 24.5 Å². The SMILES string of the molecule is CC(O)c1cc(Br)ccc1OCC(=O)NC1CCOCC1. The van der Waals surface area contributed by atoms with Crippen molar-refractivity contribution in [2.75, 3.05) is 19.8 Å². The molecule has 1 aliphatic heterocycles. The summed E-state index contributed by atoms with van der Waals surface area (Å²) >= 11 is 3.35. The first-order valence-corrected chi connectivity index (χ1v) is 7.83. The largest absolute Gasteiger partial charge is 0.483 e. The van der Waals surface area contributed by atoms with Gasteiger partial charge in [-0.3, -0.25) is 4.79 Å². The Labute approximate surface area is 132 Å². The summed E-state index contributed by atoms with van der Waals surface area (Å²) in [6.07, 6.45) is 1.02. The van der Waals surface area contributed by atoms with Gasteiger partial charge in [-0.05, 0) is 38.0 Å². The van der Waals surface area contributed by atoms with E-state index in [2.05, 4.69) is 21.2 Å². The predicted octanol–water partition coefficient (Wildman–Crippen LogP) is 2.18. The van der Waals surface area contributed by atoms with Gasteiger partial charge < -0.3 is 19.9 Å². The zero-order valence-corrected chi connectivity index (χ0v) is 13.6. The van der Waals surface area contributed by atoms with Gasteiger partial charge in [-0.25, -0.2) is 0 Å². The van der Waals surface area contributed by atoms with Crippen LogP contribution in [0.1, 0.15) is 31.4 Å². The Hall–Kier alpha value is -1.11. The molecule has 0 saturated carbocycles. The number of carbonyl (C=O) groups excluding carboxylic acids is 1. The zero-order valence-electron chi connectivity index (χ0n) is 12.0. The number of aliphatic hydroxyl groups excluding tert-OH is 1. The summed E-state index contributed by atoms with van der Waals surface area (Å²) in [5.41, 5.74) is 0.656. The number of halogens is 1. The number of hydrogen-bond acceptors (Lipinski definition) is 4. The van der Waals surface area contributed by atoms with E-state index in [1.165, 1.54) is 0 Å². The predicted molar refractivity (Wildman–Crippen MR) is 82.3 cm³/mol. The van der Waals surface area contributed by atoms with Crippen LogP contribution < -0.4 is 10.1 Å². The zero-order chi connectivity index (χ0) is 15.2. The molecule has 1 fully saturated rings. The molecule has 0 radical (unpaired) electrons. The second-order valence-electron chi connectivity index (χ2n) is 5.10. The Morgan fingerprint density at radius 1 is 1.52 bits per heavy atom. The Bertz CT molecular complexity index is 487. The highest BCUT2D eigenvalue weighted by molar-refractivity contribution is 9.10. The summed E-state index contributed by atoms with van der Waals surface area (Å²) in [5.74, 6) is 0.372. The van der Waals surface area contributed by atoms with Gasteiger partial charge in [-0.2, -0.15) is 0 Å². The molecule has 1 aromatic rings. The molecule has 2 N–H and O–H groups in total. The molecule has 116 valence electrons. The molecule has 0 spiro atoms. The number of aliphatic hydroxyl groups is 1. The van der Waals surface area contributed by atoms with Gasteiger partial charge in [0.15, 0.2) is 6.61 Å². The number of rotatable bonds is 5. The van der Waals surface area contributed by atoms with Crippen molar-refractivity contribution >= 4 is 21.8 Å². The molecule has 21 heavy (non-hydrogen) atoms. The van der Waals surface area contributed by atoms with E-state index >= 15 is 0 Å². The number of hydrogen-bond donors (Lipinski definition) is 2. The fraction of sp³-hybridized carbons (Fsp3) is 0.533. The first kappa shape index (κ1) is 16.3. The Morgan fingerprint density at radius 3 is 2.90 bits per heavy atom. The summed E-state index contributed by atoms with van der Waals surface area (Å²) in [6.45, 7) is 2.98. The minimum absolute atomic E-state index is 0.0568. The first-order valence-electron chi connectivity index (χ1n) is 7.03. The van der Waals surface area contributed by atoms with Gasteiger partial charge in [0.2, 0.25) is 0 Å². The van der Waals surface area contributed by atoms with Crippen LogP contribution in [0.4, 0.5) is 0 Å². The quantitative estimate of drug-likeness (QED) is 0.847. The minimum atomic E-state index is -0.656. The summed E-state index contributed by atoms with van der Waals surface area (Å²) < 4.78 is 11.6. The molecule has 0 bridgehead atoms. The van der Waals surface area contributed by atoms with E-state index in [9.17, 15) is 9.90 Å². The van der Waals surface area contributed by atoms with Gasteiger partial charge in [0.05, 0.1) is 6.10 Å². The number of amides is 1. The molecule has 1 aromatic carbocycles. The summed E-state index contributed by atoms with van der Waals surface area (Å²) in [6, 6.07) is 5.51. The normalized spacial score (nSPS) is 17.3. The summed E-state index contributed by atoms with van der Waals surface area (Å²) in [4.78, 5) is 11.9. The van der Waals surface area contributed by atoms with Crippen molar-refractivity contribution in [2.45, 2.75) is 31.9 Å². The Kier molecular flexibility index (Phi) is 6.02. The number of carbonyl (C=O) groups is 1. The van der Waals surface area contributed by atoms with Gasteiger partial charge in [0.1, 0.15) is 5.75 Å². The van der Waals surface area contributed by atoms with Crippen LogP contribution in [-0.4, -0.2) is 36.9 Å². The molecule has 1 heterocycles. The van der Waals surface area contributed by atoms with E-state index in [0.717, 1.165) is 17.3 Å². The van der Waals surface area contributed by atoms with Crippen LogP contribution in [0.5, 0.6) is 5.75 Å². The van der Waals surface area contributed by atoms with Crippen LogP contribution in [0, 0.1) is 0 Å². The van der Waals surface area contributed by atoms with E-state index in [4.69, 9.17) is 9.47 Å². The van der Waals surface area contributed by atoms with Crippen molar-refractivity contribution < 1.29 is 19.4 Å². The van der Waals surface area contributed by atoms with Gasteiger partial charge >= 0.3 is 0 Å². The molecule has 5 nitrogen and oxygen atoms in total. The fourth-order valence-corrected chi connectivity index (χ4v) is 2.61. The van der Waals surface area contributed by atoms with Crippen molar-refractivity contribution in [1.29, 1.82) is 0 Å². The maximum absolute atomic E-state index is 11.9. The van der Waals surface area contributed by atoms with Crippen molar-refractivity contribution in [3.05, 3.63) is 28.2 Å². The maximum Gasteiger partial charge on any atom is 0.258 e. The third kappa shape index (κ3) is 4.98. The molecular formula is C15H20BrNO4. The molecule has 1 atom stereocenters. The first-order chi connectivity index (χ1) is 10.1. The fourth-order valence-electron chi connectivity index (χ4n) is 2.23. The molecule has 1 unspecified atom stereocenters. The molecular weight excluding hydrogens is 338 g/mol. The van der Waals surface area contributed by atoms with Crippen LogP contribution in [0.25, 0.3) is 0 Å². The van der Waals surface area contributed by atoms with Gasteiger partial charge in [-0.15, -0.1) is 0 Å². The molecule has 0 aliphatic carbocycles. The lowest BCUT2D eigenvalue weighted by atomic mass is 10.1. The molecule has 1 amide bonds. The highest BCUT2D eigenvalue weighted by atomic mass is 79.9. The van der Waals surface area contributed by atoms with Gasteiger partial charge in [0.25, 0.3) is 5.91 Å². The number of benzene rings is 1. The highest BCUT2D eigenvalue weighted by Crippen LogP contribution is 2.28. The lowest BCUT2D eigenvalue weighted by Gasteiger charge is -2.23. The highest BCUT2D eigenvalue weighted by Gasteiger charge is 2.17. The van der Waals surface area contributed by atoms with Crippen LogP contribution in [-0.2, 0) is 9.53 Å². The van der Waals surface area contributed by atoms with Crippen LogP contribution in [0.2, 0.25) is 0 Å². The molecule has 0 aromatic heterocycles. The standard InChI is InChI=1S/C15H20BrNO4/c1-10(18)13-8-11(16)2-3-14(13)21-9-15(19)17-12-4-6-20-7-5-12/h2-3,8,10,12,18H,4-7,9H2,1H3,(H,17,19). The van der Waals surface area contributed by atoms with Crippen LogP contribution in [0.3, 0.4) is 0 Å². The second-order valence-corrected chi connectivity index (χ2v) is 6.02. The van der Waals surface area contributed by atoms with Crippen LogP contribution in [0.15, 0.2) is 22.7 Å². The van der Waals surface area contributed by atoms with Crippen molar-refractivity contribution in [1.82, 2.24) is 5.32 Å². The third-order valence-electron chi connectivity index (χ3n) is 3.37. The molecule has 1 saturated heterocycles. The van der Waals surface area contributed by atoms with Crippen molar-refractivity contribution in [3.8, 4) is 5.75 Å². The number of ether oxygens (including phenoxy) is 2. The van der Waals surface area contributed by atoms with Crippen molar-refractivity contribution in [2.24, 2.45) is 0 Å². The Balaban J connectivity index is 1.88. The lowest BCUT2D eigenvalue weighted by Crippen LogP contribution is -2.41. The maximum atomic E-state index is 11.9. The molecule has 2 rings (SSSR count). The monoisotopic (exact) mass is 357 g/mol. The van der Waals surface area contributed by atoms with E-state index in [1.54, 1.807) is 19.1 Å². The van der Waals surface area contributed by atoms with Gasteiger partial charge in [-0.1, -0.05) is 15.9 Å². The van der Waals surface area contributed by atoms with Gasteiger partial charge in [0, 0.05) is 29.3 Å². The van der Waals surface area contributed by atoms with Crippen LogP contribution >= 0.6 is 15.9 Å². The smallest absolute Gasteiger partial charge is 0.258 e. The second kappa shape index (κ2) is 7.77. The number of nitrogens with one attached hydrogen (secondary N) is 1. The van der Waals surface area contributed by atoms with E-state index in [1.807, 2.05) is 6.07 Å². The molecule has 1 aliphatic rings. The summed E-state index contributed by atoms with van der Waals surface area (Å²) in [5, 5.41) is 12.7. The Morgan fingerprint density at radius 2 is 2.24 bits per heavy atom. The van der Waals surface area contributed by atoms with E-state index in [-0.39, 0.29) is 18.6 Å². The topological polar surface area (TPSA) is 67.8 Å². The third-order valence-corrected chi connectivity index (χ3v) is 3.86. The summed E-state index contributed by atoms with van der Waals surface area (Å²) in [7, 11) is 0. The molecule has 6 heteroatoms. The lowest BCUT2D eigenvalue weighted by molar-refractivity contribution is -0.124. The minimum Gasteiger partial charge on any atom is -0.483 e.